The molecule has 0 bridgehead atoms. The van der Waals surface area contributed by atoms with Crippen LogP contribution in [0.2, 0.25) is 0 Å². The minimum Gasteiger partial charge on any atom is -0.260 e. The third-order valence-electron chi connectivity index (χ3n) is 3.69. The van der Waals surface area contributed by atoms with Gasteiger partial charge in [0.05, 0.1) is 5.69 Å². The maximum Gasteiger partial charge on any atom is 0.0507 e. The molecule has 0 aliphatic carbocycles. The number of nitrogens with zero attached hydrogens (tertiary/aromatic N) is 1. The Bertz CT molecular complexity index is 730. The summed E-state index contributed by atoms with van der Waals surface area (Å²) < 4.78 is 0. The largest absolute Gasteiger partial charge is 0.260 e. The Morgan fingerprint density at radius 2 is 1.29 bits per heavy atom. The number of rotatable bonds is 3. The fourth-order valence-electron chi connectivity index (χ4n) is 2.69. The zero-order valence-corrected chi connectivity index (χ0v) is 12.5. The summed E-state index contributed by atoms with van der Waals surface area (Å²) in [5.74, 6) is 0.407. The summed E-state index contributed by atoms with van der Waals surface area (Å²) in [4.78, 5) is 4.59. The Morgan fingerprint density at radius 1 is 0.667 bits per heavy atom. The van der Waals surface area contributed by atoms with Crippen LogP contribution < -0.4 is 0 Å². The average molecular weight is 273 g/mol. The van der Waals surface area contributed by atoms with Gasteiger partial charge in [0.2, 0.25) is 0 Å². The van der Waals surface area contributed by atoms with Crippen LogP contribution in [-0.4, -0.2) is 4.98 Å². The van der Waals surface area contributed by atoms with Gasteiger partial charge in [-0.05, 0) is 28.7 Å². The maximum atomic E-state index is 4.59. The van der Waals surface area contributed by atoms with E-state index in [2.05, 4.69) is 79.5 Å². The van der Waals surface area contributed by atoms with Gasteiger partial charge in [-0.3, -0.25) is 4.98 Å². The van der Waals surface area contributed by atoms with Crippen molar-refractivity contribution in [3.05, 3.63) is 78.6 Å². The van der Waals surface area contributed by atoms with Crippen LogP contribution in [0.4, 0.5) is 0 Å². The molecule has 0 atom stereocenters. The zero-order valence-electron chi connectivity index (χ0n) is 12.5. The molecule has 104 valence electrons. The molecule has 1 aromatic heterocycles. The van der Waals surface area contributed by atoms with Gasteiger partial charge < -0.3 is 0 Å². The summed E-state index contributed by atoms with van der Waals surface area (Å²) in [5.41, 5.74) is 6.13. The molecule has 1 heteroatoms. The molecule has 1 nitrogen and oxygen atoms in total. The molecule has 0 fully saturated rings. The van der Waals surface area contributed by atoms with Crippen molar-refractivity contribution in [2.75, 3.05) is 0 Å². The molecular formula is C20H19N. The fourth-order valence-corrected chi connectivity index (χ4v) is 2.69. The van der Waals surface area contributed by atoms with Gasteiger partial charge >= 0.3 is 0 Å². The number of hydrogen-bond donors (Lipinski definition) is 0. The molecule has 2 aromatic carbocycles. The lowest BCUT2D eigenvalue weighted by Gasteiger charge is -2.15. The summed E-state index contributed by atoms with van der Waals surface area (Å²) in [7, 11) is 0. The third kappa shape index (κ3) is 2.73. The summed E-state index contributed by atoms with van der Waals surface area (Å²) in [5, 5.41) is 0. The Labute approximate surface area is 126 Å². The lowest BCUT2D eigenvalue weighted by atomic mass is 9.91. The molecule has 0 unspecified atom stereocenters. The van der Waals surface area contributed by atoms with Gasteiger partial charge in [0.1, 0.15) is 0 Å². The number of aromatic nitrogens is 1. The smallest absolute Gasteiger partial charge is 0.0507 e. The van der Waals surface area contributed by atoms with E-state index in [9.17, 15) is 0 Å². The quantitative estimate of drug-likeness (QED) is 0.610. The molecule has 3 rings (SSSR count). The Hall–Kier alpha value is -2.41. The first-order chi connectivity index (χ1) is 10.3. The molecule has 3 aromatic rings. The molecule has 0 saturated heterocycles. The van der Waals surface area contributed by atoms with Gasteiger partial charge in [-0.1, -0.05) is 74.5 Å². The highest BCUT2D eigenvalue weighted by molar-refractivity contribution is 5.84. The van der Waals surface area contributed by atoms with E-state index in [1.165, 1.54) is 22.3 Å². The molecule has 0 radical (unpaired) electrons. The Balaban J connectivity index is 2.21. The second-order valence-corrected chi connectivity index (χ2v) is 5.50. The first-order valence-corrected chi connectivity index (χ1v) is 7.37. The monoisotopic (exact) mass is 273 g/mol. The van der Waals surface area contributed by atoms with Crippen molar-refractivity contribution < 1.29 is 0 Å². The second-order valence-electron chi connectivity index (χ2n) is 5.50. The topological polar surface area (TPSA) is 12.9 Å². The van der Waals surface area contributed by atoms with Crippen LogP contribution in [0.1, 0.15) is 25.5 Å². The van der Waals surface area contributed by atoms with E-state index < -0.39 is 0 Å². The molecule has 0 amide bonds. The van der Waals surface area contributed by atoms with Crippen molar-refractivity contribution in [3.8, 4) is 22.3 Å². The lowest BCUT2D eigenvalue weighted by molar-refractivity contribution is 0.826. The molecule has 0 N–H and O–H groups in total. The van der Waals surface area contributed by atoms with E-state index in [0.717, 1.165) is 5.69 Å². The van der Waals surface area contributed by atoms with Crippen LogP contribution >= 0.6 is 0 Å². The van der Waals surface area contributed by atoms with Crippen molar-refractivity contribution in [2.24, 2.45) is 0 Å². The van der Waals surface area contributed by atoms with Gasteiger partial charge in [-0.25, -0.2) is 0 Å². The minimum absolute atomic E-state index is 0.407. The SMILES string of the molecule is CC(C)c1ncccc1-c1ccccc1-c1ccccc1. The molecule has 0 aliphatic heterocycles. The van der Waals surface area contributed by atoms with Crippen molar-refractivity contribution in [1.29, 1.82) is 0 Å². The standard InChI is InChI=1S/C20H19N/c1-15(2)20-19(13-8-14-21-20)18-12-7-6-11-17(18)16-9-4-3-5-10-16/h3-15H,1-2H3. The maximum absolute atomic E-state index is 4.59. The molecule has 1 heterocycles. The van der Waals surface area contributed by atoms with E-state index in [1.807, 2.05) is 12.3 Å². The minimum atomic E-state index is 0.407. The van der Waals surface area contributed by atoms with Crippen molar-refractivity contribution in [2.45, 2.75) is 19.8 Å². The molecule has 0 spiro atoms. The number of benzene rings is 2. The summed E-state index contributed by atoms with van der Waals surface area (Å²) in [6.45, 7) is 4.38. The average Bonchev–Trinajstić information content (AvgIpc) is 2.55. The second kappa shape index (κ2) is 5.92. The van der Waals surface area contributed by atoms with Crippen LogP contribution in [-0.2, 0) is 0 Å². The Kier molecular flexibility index (Phi) is 3.83. The molecular weight excluding hydrogens is 254 g/mol. The van der Waals surface area contributed by atoms with Crippen LogP contribution in [0.5, 0.6) is 0 Å². The van der Waals surface area contributed by atoms with E-state index >= 15 is 0 Å². The van der Waals surface area contributed by atoms with Crippen LogP contribution in [0.15, 0.2) is 72.9 Å². The zero-order chi connectivity index (χ0) is 14.7. The first-order valence-electron chi connectivity index (χ1n) is 7.37. The van der Waals surface area contributed by atoms with Crippen LogP contribution in [0, 0.1) is 0 Å². The lowest BCUT2D eigenvalue weighted by Crippen LogP contribution is -1.97. The highest BCUT2D eigenvalue weighted by Crippen LogP contribution is 2.35. The van der Waals surface area contributed by atoms with Gasteiger partial charge in [-0.2, -0.15) is 0 Å². The predicted octanol–water partition coefficient (Wildman–Crippen LogP) is 5.54. The van der Waals surface area contributed by atoms with E-state index in [1.54, 1.807) is 0 Å². The third-order valence-corrected chi connectivity index (χ3v) is 3.69. The fraction of sp³-hybridized carbons (Fsp3) is 0.150. The van der Waals surface area contributed by atoms with Gasteiger partial charge in [0.25, 0.3) is 0 Å². The van der Waals surface area contributed by atoms with E-state index in [-0.39, 0.29) is 0 Å². The van der Waals surface area contributed by atoms with E-state index in [4.69, 9.17) is 0 Å². The predicted molar refractivity (Wildman–Crippen MR) is 89.2 cm³/mol. The van der Waals surface area contributed by atoms with Crippen molar-refractivity contribution in [1.82, 2.24) is 4.98 Å². The normalized spacial score (nSPS) is 10.8. The summed E-state index contributed by atoms with van der Waals surface area (Å²) >= 11 is 0. The highest BCUT2D eigenvalue weighted by atomic mass is 14.7. The molecule has 0 aliphatic rings. The Morgan fingerprint density at radius 3 is 2.00 bits per heavy atom. The summed E-state index contributed by atoms with van der Waals surface area (Å²) in [6.07, 6.45) is 1.88. The highest BCUT2D eigenvalue weighted by Gasteiger charge is 2.13. The first kappa shape index (κ1) is 13.6. The number of pyridine rings is 1. The van der Waals surface area contributed by atoms with Crippen LogP contribution in [0.3, 0.4) is 0 Å². The van der Waals surface area contributed by atoms with Gasteiger partial charge in [0.15, 0.2) is 0 Å². The van der Waals surface area contributed by atoms with Crippen molar-refractivity contribution in [3.63, 3.8) is 0 Å². The van der Waals surface area contributed by atoms with Gasteiger partial charge in [0, 0.05) is 11.8 Å². The van der Waals surface area contributed by atoms with Crippen molar-refractivity contribution >= 4 is 0 Å². The van der Waals surface area contributed by atoms with Gasteiger partial charge in [-0.15, -0.1) is 0 Å². The van der Waals surface area contributed by atoms with E-state index in [0.29, 0.717) is 5.92 Å². The summed E-state index contributed by atoms with van der Waals surface area (Å²) in [6, 6.07) is 23.3. The molecule has 21 heavy (non-hydrogen) atoms. The number of hydrogen-bond acceptors (Lipinski definition) is 1. The molecule has 0 saturated carbocycles. The van der Waals surface area contributed by atoms with Crippen LogP contribution in [0.25, 0.3) is 22.3 Å².